The Morgan fingerprint density at radius 1 is 1.45 bits per heavy atom. The number of hydrogen-bond donors (Lipinski definition) is 2. The number of rotatable bonds is 4. The first-order valence-electron chi connectivity index (χ1n) is 6.09. The van der Waals surface area contributed by atoms with Gasteiger partial charge < -0.3 is 10.1 Å². The lowest BCUT2D eigenvalue weighted by Gasteiger charge is -2.43. The van der Waals surface area contributed by atoms with Crippen LogP contribution in [0.15, 0.2) is 30.3 Å². The summed E-state index contributed by atoms with van der Waals surface area (Å²) in [5, 5.41) is 2.56. The lowest BCUT2D eigenvalue weighted by Crippen LogP contribution is -2.66. The highest BCUT2D eigenvalue weighted by Gasteiger charge is 2.43. The van der Waals surface area contributed by atoms with E-state index in [-0.39, 0.29) is 19.2 Å². The Balaban J connectivity index is 1.77. The predicted octanol–water partition coefficient (Wildman–Crippen LogP) is 0.788. The van der Waals surface area contributed by atoms with Crippen molar-refractivity contribution < 1.29 is 22.5 Å². The van der Waals surface area contributed by atoms with E-state index in [4.69, 9.17) is 9.29 Å². The van der Waals surface area contributed by atoms with Crippen LogP contribution < -0.4 is 5.32 Å². The Morgan fingerprint density at radius 2 is 2.10 bits per heavy atom. The Morgan fingerprint density at radius 3 is 2.65 bits per heavy atom. The summed E-state index contributed by atoms with van der Waals surface area (Å²) in [6.45, 7) is 1.79. The lowest BCUT2D eigenvalue weighted by molar-refractivity contribution is 0.0987. The van der Waals surface area contributed by atoms with Crippen LogP contribution in [0, 0.1) is 0 Å². The van der Waals surface area contributed by atoms with Crippen LogP contribution in [0.4, 0.5) is 4.79 Å². The third-order valence-corrected chi connectivity index (χ3v) is 4.30. The molecule has 1 aromatic rings. The third kappa shape index (κ3) is 3.47. The second kappa shape index (κ2) is 5.78. The van der Waals surface area contributed by atoms with Crippen LogP contribution in [-0.4, -0.2) is 42.0 Å². The van der Waals surface area contributed by atoms with Crippen molar-refractivity contribution in [2.45, 2.75) is 25.6 Å². The smallest absolute Gasteiger partial charge is 0.407 e. The van der Waals surface area contributed by atoms with Crippen LogP contribution >= 0.6 is 0 Å². The van der Waals surface area contributed by atoms with Gasteiger partial charge in [-0.3, -0.25) is 4.55 Å². The normalized spacial score (nSPS) is 22.9. The molecule has 2 atom stereocenters. The van der Waals surface area contributed by atoms with E-state index < -0.39 is 22.4 Å². The number of amides is 1. The standard InChI is InChI=1S/C12H16N2O5S/c1-9-11(7-14(9)20(16,17)18)13-12(15)19-8-10-5-3-2-4-6-10/h2-6,9,11H,7-8H2,1H3,(H,13,15)(H,16,17,18)/t9-,11+/m1/s1. The molecule has 0 aromatic heterocycles. The highest BCUT2D eigenvalue weighted by molar-refractivity contribution is 7.83. The van der Waals surface area contributed by atoms with Gasteiger partial charge in [-0.05, 0) is 12.5 Å². The molecule has 0 bridgehead atoms. The molecular formula is C12H16N2O5S. The number of alkyl carbamates (subject to hydrolysis) is 1. The minimum Gasteiger partial charge on any atom is -0.445 e. The molecule has 8 heteroatoms. The Bertz CT molecular complexity index is 575. The second-order valence-electron chi connectivity index (χ2n) is 4.60. The largest absolute Gasteiger partial charge is 0.445 e. The van der Waals surface area contributed by atoms with Crippen LogP contribution in [0.2, 0.25) is 0 Å². The molecule has 110 valence electrons. The molecule has 0 radical (unpaired) electrons. The van der Waals surface area contributed by atoms with Crippen LogP contribution in [0.5, 0.6) is 0 Å². The van der Waals surface area contributed by atoms with Crippen molar-refractivity contribution in [3.63, 3.8) is 0 Å². The fraction of sp³-hybridized carbons (Fsp3) is 0.417. The summed E-state index contributed by atoms with van der Waals surface area (Å²) in [6, 6.07) is 8.36. The zero-order valence-corrected chi connectivity index (χ0v) is 11.7. The zero-order chi connectivity index (χ0) is 14.8. The average molecular weight is 300 g/mol. The summed E-state index contributed by atoms with van der Waals surface area (Å²) in [5.74, 6) is 0. The van der Waals surface area contributed by atoms with E-state index in [0.29, 0.717) is 0 Å². The van der Waals surface area contributed by atoms with Crippen LogP contribution in [0.3, 0.4) is 0 Å². The van der Waals surface area contributed by atoms with Gasteiger partial charge >= 0.3 is 16.4 Å². The highest BCUT2D eigenvalue weighted by atomic mass is 32.2. The van der Waals surface area contributed by atoms with E-state index in [1.165, 1.54) is 0 Å². The monoisotopic (exact) mass is 300 g/mol. The maximum atomic E-state index is 11.6. The zero-order valence-electron chi connectivity index (χ0n) is 10.9. The first kappa shape index (κ1) is 14.8. The summed E-state index contributed by atoms with van der Waals surface area (Å²) in [7, 11) is -4.20. The van der Waals surface area contributed by atoms with E-state index in [2.05, 4.69) is 5.32 Å². The van der Waals surface area contributed by atoms with Crippen molar-refractivity contribution in [2.24, 2.45) is 0 Å². The molecule has 1 amide bonds. The van der Waals surface area contributed by atoms with Crippen LogP contribution in [0.1, 0.15) is 12.5 Å². The van der Waals surface area contributed by atoms with E-state index >= 15 is 0 Å². The molecule has 2 N–H and O–H groups in total. The van der Waals surface area contributed by atoms with Gasteiger partial charge in [-0.1, -0.05) is 30.3 Å². The van der Waals surface area contributed by atoms with Crippen molar-refractivity contribution in [1.82, 2.24) is 9.62 Å². The van der Waals surface area contributed by atoms with Crippen LogP contribution in [0.25, 0.3) is 0 Å². The number of nitrogens with one attached hydrogen (secondary N) is 1. The number of carbonyl (C=O) groups is 1. The fourth-order valence-corrected chi connectivity index (χ4v) is 2.88. The van der Waals surface area contributed by atoms with E-state index in [1.807, 2.05) is 30.3 Å². The fourth-order valence-electron chi connectivity index (χ4n) is 1.96. The summed E-state index contributed by atoms with van der Waals surface area (Å²) in [5.41, 5.74) is 0.865. The first-order valence-corrected chi connectivity index (χ1v) is 7.49. The minimum atomic E-state index is -4.20. The second-order valence-corrected chi connectivity index (χ2v) is 5.97. The molecule has 1 aliphatic heterocycles. The Labute approximate surface area is 117 Å². The highest BCUT2D eigenvalue weighted by Crippen LogP contribution is 2.20. The molecule has 1 aromatic carbocycles. The molecule has 2 rings (SSSR count). The molecule has 1 heterocycles. The summed E-state index contributed by atoms with van der Waals surface area (Å²) in [4.78, 5) is 11.6. The molecule has 1 aliphatic rings. The van der Waals surface area contributed by atoms with Gasteiger partial charge in [-0.15, -0.1) is 0 Å². The van der Waals surface area contributed by atoms with Gasteiger partial charge in [-0.2, -0.15) is 12.7 Å². The topological polar surface area (TPSA) is 95.9 Å². The number of carbonyl (C=O) groups excluding carboxylic acids is 1. The van der Waals surface area contributed by atoms with Gasteiger partial charge in [0.05, 0.1) is 6.04 Å². The Kier molecular flexibility index (Phi) is 4.26. The molecule has 0 unspecified atom stereocenters. The molecular weight excluding hydrogens is 284 g/mol. The van der Waals surface area contributed by atoms with Gasteiger partial charge in [0.25, 0.3) is 0 Å². The third-order valence-electron chi connectivity index (χ3n) is 3.23. The quantitative estimate of drug-likeness (QED) is 0.801. The summed E-state index contributed by atoms with van der Waals surface area (Å²) >= 11 is 0. The van der Waals surface area contributed by atoms with Gasteiger partial charge in [0.2, 0.25) is 0 Å². The lowest BCUT2D eigenvalue weighted by atomic mass is 10.0. The molecule has 0 saturated carbocycles. The maximum absolute atomic E-state index is 11.6. The molecule has 20 heavy (non-hydrogen) atoms. The summed E-state index contributed by atoms with van der Waals surface area (Å²) in [6.07, 6.45) is -0.610. The van der Waals surface area contributed by atoms with Crippen molar-refractivity contribution in [3.05, 3.63) is 35.9 Å². The van der Waals surface area contributed by atoms with Gasteiger partial charge in [-0.25, -0.2) is 4.79 Å². The Hall–Kier alpha value is -1.64. The van der Waals surface area contributed by atoms with Crippen molar-refractivity contribution >= 4 is 16.4 Å². The average Bonchev–Trinajstić information content (AvgIpc) is 2.40. The van der Waals surface area contributed by atoms with E-state index in [1.54, 1.807) is 6.92 Å². The number of nitrogens with zero attached hydrogens (tertiary/aromatic N) is 1. The molecule has 7 nitrogen and oxygen atoms in total. The van der Waals surface area contributed by atoms with Gasteiger partial charge in [0.15, 0.2) is 0 Å². The van der Waals surface area contributed by atoms with E-state index in [0.717, 1.165) is 9.87 Å². The van der Waals surface area contributed by atoms with Gasteiger partial charge in [0, 0.05) is 12.6 Å². The minimum absolute atomic E-state index is 0.0421. The van der Waals surface area contributed by atoms with E-state index in [9.17, 15) is 13.2 Å². The van der Waals surface area contributed by atoms with Crippen molar-refractivity contribution in [1.29, 1.82) is 0 Å². The first-order chi connectivity index (χ1) is 9.38. The molecule has 0 aliphatic carbocycles. The molecule has 1 saturated heterocycles. The van der Waals surface area contributed by atoms with Crippen molar-refractivity contribution in [2.75, 3.05) is 6.54 Å². The molecule has 1 fully saturated rings. The number of ether oxygens (including phenoxy) is 1. The number of hydrogen-bond acceptors (Lipinski definition) is 4. The predicted molar refractivity (Wildman–Crippen MR) is 71.3 cm³/mol. The SMILES string of the molecule is C[C@@H]1[C@@H](NC(=O)OCc2ccccc2)CN1S(=O)(=O)O. The summed E-state index contributed by atoms with van der Waals surface area (Å²) < 4.78 is 36.6. The maximum Gasteiger partial charge on any atom is 0.407 e. The van der Waals surface area contributed by atoms with Gasteiger partial charge in [0.1, 0.15) is 6.61 Å². The van der Waals surface area contributed by atoms with Crippen LogP contribution in [-0.2, 0) is 21.6 Å². The number of benzene rings is 1. The van der Waals surface area contributed by atoms with Crippen molar-refractivity contribution in [3.8, 4) is 0 Å². The molecule has 0 spiro atoms.